The van der Waals surface area contributed by atoms with Gasteiger partial charge in [0.2, 0.25) is 0 Å². The molecule has 2 aromatic heterocycles. The second kappa shape index (κ2) is 8.51. The first-order chi connectivity index (χ1) is 15.2. The smallest absolute Gasteiger partial charge is 0.289 e. The molecule has 0 spiro atoms. The molecule has 2 atom stereocenters. The molecule has 160 valence electrons. The van der Waals surface area contributed by atoms with E-state index in [9.17, 15) is 4.79 Å². The molecule has 0 bridgehead atoms. The van der Waals surface area contributed by atoms with E-state index in [1.165, 1.54) is 12.0 Å². The Balaban J connectivity index is 1.25. The molecule has 7 nitrogen and oxygen atoms in total. The topological polar surface area (TPSA) is 87.0 Å². The van der Waals surface area contributed by atoms with Gasteiger partial charge in [0.05, 0.1) is 11.0 Å². The van der Waals surface area contributed by atoms with Gasteiger partial charge in [0.25, 0.3) is 5.91 Å². The number of carbonyl (C=O) groups excluding carboxylic acids is 1. The molecular formula is C24H27N5O2. The number of hydrogen-bond acceptors (Lipinski definition) is 5. The van der Waals surface area contributed by atoms with E-state index in [-0.39, 0.29) is 11.9 Å². The number of para-hydroxylation sites is 2. The number of fused-ring (bicyclic) bond motifs is 2. The summed E-state index contributed by atoms with van der Waals surface area (Å²) >= 11 is 0. The monoisotopic (exact) mass is 417 g/mol. The lowest BCUT2D eigenvalue weighted by molar-refractivity contribution is 0.0617. The molecule has 1 aliphatic rings. The standard InChI is InChI=1S/C24H27N5O2/c1-2-29(24(30)23-27-19-8-3-4-9-20(19)28-23)18-7-5-6-17(13-18)25-14-16-10-11-21-22(12-16)31-15-26-21/h3-4,8-12,15,17-18,25H,2,5-7,13-14H2,1H3,(H,27,28)/t17-,18+/m1/s1. The van der Waals surface area contributed by atoms with Crippen molar-refractivity contribution in [3.05, 3.63) is 60.2 Å². The first-order valence-corrected chi connectivity index (χ1v) is 11.0. The Morgan fingerprint density at radius 3 is 3.00 bits per heavy atom. The molecule has 1 saturated carbocycles. The van der Waals surface area contributed by atoms with E-state index in [1.807, 2.05) is 48.2 Å². The van der Waals surface area contributed by atoms with Crippen molar-refractivity contribution in [2.75, 3.05) is 6.54 Å². The maximum atomic E-state index is 13.2. The lowest BCUT2D eigenvalue weighted by Crippen LogP contribution is -2.47. The highest BCUT2D eigenvalue weighted by Crippen LogP contribution is 2.25. The summed E-state index contributed by atoms with van der Waals surface area (Å²) in [5, 5.41) is 3.68. The number of nitrogens with zero attached hydrogens (tertiary/aromatic N) is 3. The molecule has 4 aromatic rings. The van der Waals surface area contributed by atoms with Crippen molar-refractivity contribution in [1.82, 2.24) is 25.2 Å². The van der Waals surface area contributed by atoms with Crippen LogP contribution in [-0.2, 0) is 6.54 Å². The molecule has 1 aliphatic carbocycles. The van der Waals surface area contributed by atoms with Gasteiger partial charge in [0.15, 0.2) is 17.8 Å². The number of nitrogens with one attached hydrogen (secondary N) is 2. The van der Waals surface area contributed by atoms with Crippen molar-refractivity contribution in [3.8, 4) is 0 Å². The molecule has 31 heavy (non-hydrogen) atoms. The normalized spacial score (nSPS) is 19.1. The van der Waals surface area contributed by atoms with Crippen molar-refractivity contribution < 1.29 is 9.21 Å². The number of oxazole rings is 1. The van der Waals surface area contributed by atoms with Gasteiger partial charge in [-0.1, -0.05) is 18.2 Å². The first kappa shape index (κ1) is 19.8. The van der Waals surface area contributed by atoms with Gasteiger partial charge in [-0.2, -0.15) is 0 Å². The van der Waals surface area contributed by atoms with Crippen LogP contribution in [0.5, 0.6) is 0 Å². The van der Waals surface area contributed by atoms with Gasteiger partial charge in [-0.05, 0) is 62.4 Å². The quantitative estimate of drug-likeness (QED) is 0.489. The minimum absolute atomic E-state index is 0.0138. The number of carbonyl (C=O) groups is 1. The number of H-pyrrole nitrogens is 1. The predicted molar refractivity (Wildman–Crippen MR) is 120 cm³/mol. The fraction of sp³-hybridized carbons (Fsp3) is 0.375. The van der Waals surface area contributed by atoms with Gasteiger partial charge in [-0.25, -0.2) is 9.97 Å². The van der Waals surface area contributed by atoms with Crippen LogP contribution in [0, 0.1) is 0 Å². The summed E-state index contributed by atoms with van der Waals surface area (Å²) in [4.78, 5) is 27.1. The Bertz CT molecular complexity index is 1160. The lowest BCUT2D eigenvalue weighted by Gasteiger charge is -2.37. The van der Waals surface area contributed by atoms with Crippen molar-refractivity contribution in [3.63, 3.8) is 0 Å². The van der Waals surface area contributed by atoms with Crippen molar-refractivity contribution in [2.45, 2.75) is 51.2 Å². The van der Waals surface area contributed by atoms with Crippen LogP contribution in [0.4, 0.5) is 0 Å². The van der Waals surface area contributed by atoms with Crippen molar-refractivity contribution in [2.24, 2.45) is 0 Å². The second-order valence-electron chi connectivity index (χ2n) is 8.25. The zero-order chi connectivity index (χ0) is 21.2. The summed E-state index contributed by atoms with van der Waals surface area (Å²) in [6, 6.07) is 14.5. The number of rotatable bonds is 6. The van der Waals surface area contributed by atoms with Crippen LogP contribution in [-0.4, -0.2) is 44.4 Å². The van der Waals surface area contributed by atoms with Crippen LogP contribution in [0.25, 0.3) is 22.1 Å². The molecule has 5 rings (SSSR count). The molecule has 0 radical (unpaired) electrons. The summed E-state index contributed by atoms with van der Waals surface area (Å²) < 4.78 is 5.41. The number of hydrogen-bond donors (Lipinski definition) is 2. The maximum absolute atomic E-state index is 13.2. The Labute approximate surface area is 180 Å². The van der Waals surface area contributed by atoms with Gasteiger partial charge in [-0.3, -0.25) is 4.79 Å². The minimum atomic E-state index is -0.0138. The number of imidazole rings is 1. The Morgan fingerprint density at radius 1 is 1.23 bits per heavy atom. The molecular weight excluding hydrogens is 390 g/mol. The van der Waals surface area contributed by atoms with E-state index in [4.69, 9.17) is 4.42 Å². The number of aromatic amines is 1. The molecule has 2 N–H and O–H groups in total. The zero-order valence-electron chi connectivity index (χ0n) is 17.7. The SMILES string of the molecule is CCN(C(=O)c1nc2ccccc2[nH]1)[C@H]1CCC[C@@H](NCc2ccc3ncoc3c2)C1. The largest absolute Gasteiger partial charge is 0.443 e. The fourth-order valence-electron chi connectivity index (χ4n) is 4.66. The molecule has 1 amide bonds. The Hall–Kier alpha value is -3.19. The van der Waals surface area contributed by atoms with E-state index in [2.05, 4.69) is 26.3 Å². The van der Waals surface area contributed by atoms with E-state index in [1.54, 1.807) is 0 Å². The zero-order valence-corrected chi connectivity index (χ0v) is 17.7. The van der Waals surface area contributed by atoms with Crippen molar-refractivity contribution in [1.29, 1.82) is 0 Å². The lowest BCUT2D eigenvalue weighted by atomic mass is 9.89. The fourth-order valence-corrected chi connectivity index (χ4v) is 4.66. The van der Waals surface area contributed by atoms with Gasteiger partial charge in [-0.15, -0.1) is 0 Å². The van der Waals surface area contributed by atoms with Crippen LogP contribution in [0.3, 0.4) is 0 Å². The van der Waals surface area contributed by atoms with Crippen molar-refractivity contribution >= 4 is 28.0 Å². The van der Waals surface area contributed by atoms with Crippen LogP contribution in [0.1, 0.15) is 48.8 Å². The average molecular weight is 418 g/mol. The summed E-state index contributed by atoms with van der Waals surface area (Å²) in [6.07, 6.45) is 5.68. The molecule has 1 fully saturated rings. The van der Waals surface area contributed by atoms with Gasteiger partial charge in [0.1, 0.15) is 5.52 Å². The summed E-state index contributed by atoms with van der Waals surface area (Å²) in [7, 11) is 0. The second-order valence-corrected chi connectivity index (χ2v) is 8.25. The number of aromatic nitrogens is 3. The Morgan fingerprint density at radius 2 is 2.13 bits per heavy atom. The first-order valence-electron chi connectivity index (χ1n) is 11.0. The predicted octanol–water partition coefficient (Wildman–Crippen LogP) is 4.27. The molecule has 0 saturated heterocycles. The van der Waals surface area contributed by atoms with Gasteiger partial charge in [0, 0.05) is 25.2 Å². The van der Waals surface area contributed by atoms with Gasteiger partial charge >= 0.3 is 0 Å². The molecule has 2 heterocycles. The highest BCUT2D eigenvalue weighted by molar-refractivity contribution is 5.94. The maximum Gasteiger partial charge on any atom is 0.289 e. The minimum Gasteiger partial charge on any atom is -0.443 e. The molecule has 0 unspecified atom stereocenters. The number of benzene rings is 2. The van der Waals surface area contributed by atoms with Crippen LogP contribution >= 0.6 is 0 Å². The molecule has 7 heteroatoms. The highest BCUT2D eigenvalue weighted by atomic mass is 16.3. The van der Waals surface area contributed by atoms with Crippen LogP contribution < -0.4 is 5.32 Å². The van der Waals surface area contributed by atoms with E-state index >= 15 is 0 Å². The van der Waals surface area contributed by atoms with E-state index < -0.39 is 0 Å². The third-order valence-corrected chi connectivity index (χ3v) is 6.27. The summed E-state index contributed by atoms with van der Waals surface area (Å²) in [5.41, 5.74) is 4.60. The molecule has 2 aromatic carbocycles. The third kappa shape index (κ3) is 4.05. The highest BCUT2D eigenvalue weighted by Gasteiger charge is 2.30. The average Bonchev–Trinajstić information content (AvgIpc) is 3.45. The van der Waals surface area contributed by atoms with Gasteiger partial charge < -0.3 is 19.6 Å². The third-order valence-electron chi connectivity index (χ3n) is 6.27. The molecule has 0 aliphatic heterocycles. The summed E-state index contributed by atoms with van der Waals surface area (Å²) in [5.74, 6) is 0.415. The Kier molecular flexibility index (Phi) is 5.42. The van der Waals surface area contributed by atoms with Crippen LogP contribution in [0.15, 0.2) is 53.3 Å². The number of amides is 1. The van der Waals surface area contributed by atoms with E-state index in [0.29, 0.717) is 18.4 Å². The summed E-state index contributed by atoms with van der Waals surface area (Å²) in [6.45, 7) is 3.50. The van der Waals surface area contributed by atoms with Crippen LogP contribution in [0.2, 0.25) is 0 Å². The van der Waals surface area contributed by atoms with E-state index in [0.717, 1.165) is 54.4 Å².